The monoisotopic (exact) mass is 249 g/mol. The van der Waals surface area contributed by atoms with Crippen LogP contribution in [0.25, 0.3) is 0 Å². The number of hydrogen-bond acceptors (Lipinski definition) is 1. The van der Waals surface area contributed by atoms with E-state index < -0.39 is 11.6 Å². The normalized spacial score (nSPS) is 12.0. The summed E-state index contributed by atoms with van der Waals surface area (Å²) in [6.45, 7) is 4.04. The van der Waals surface area contributed by atoms with Crippen molar-refractivity contribution < 1.29 is 30.5 Å². The van der Waals surface area contributed by atoms with Gasteiger partial charge in [-0.3, -0.25) is 0 Å². The molecule has 0 saturated heterocycles. The third-order valence-corrected chi connectivity index (χ3v) is 3.03. The van der Waals surface area contributed by atoms with Crippen LogP contribution in [0.15, 0.2) is 17.0 Å². The first-order valence-electron chi connectivity index (χ1n) is 4.17. The first-order valence-corrected chi connectivity index (χ1v) is 5.05. The molecule has 0 nitrogen and oxygen atoms in total. The van der Waals surface area contributed by atoms with Gasteiger partial charge in [0.25, 0.3) is 0 Å². The van der Waals surface area contributed by atoms with E-state index >= 15 is 0 Å². The van der Waals surface area contributed by atoms with Crippen LogP contribution in [0.3, 0.4) is 0 Å². The van der Waals surface area contributed by atoms with E-state index in [4.69, 9.17) is 0 Å². The number of rotatable bonds is 3. The Morgan fingerprint density at radius 1 is 1.43 bits per heavy atom. The molecule has 1 unspecified atom stereocenters. The van der Waals surface area contributed by atoms with Crippen LogP contribution < -0.4 is 0 Å². The maximum atomic E-state index is 13.0. The van der Waals surface area contributed by atoms with Gasteiger partial charge in [-0.25, -0.2) is 8.78 Å². The maximum Gasteiger partial charge on any atom is 0.0268 e. The molecule has 0 N–H and O–H groups in total. The van der Waals surface area contributed by atoms with Crippen molar-refractivity contribution in [1.29, 1.82) is 0 Å². The van der Waals surface area contributed by atoms with Crippen molar-refractivity contribution in [2.75, 3.05) is 0 Å². The van der Waals surface area contributed by atoms with Crippen molar-refractivity contribution in [2.24, 2.45) is 0 Å². The van der Waals surface area contributed by atoms with Gasteiger partial charge in [0, 0.05) is 33.4 Å². The molecule has 1 aromatic carbocycles. The van der Waals surface area contributed by atoms with Crippen LogP contribution in [-0.4, -0.2) is 5.25 Å². The predicted octanol–water partition coefficient (Wildman–Crippen LogP) is 3.65. The molecule has 0 aromatic heterocycles. The summed E-state index contributed by atoms with van der Waals surface area (Å²) in [5.41, 5.74) is 0. The van der Waals surface area contributed by atoms with Crippen LogP contribution in [0, 0.1) is 17.7 Å². The molecule has 0 bridgehead atoms. The van der Waals surface area contributed by atoms with Crippen molar-refractivity contribution in [2.45, 2.75) is 30.4 Å². The van der Waals surface area contributed by atoms with Crippen molar-refractivity contribution in [3.63, 3.8) is 0 Å². The molecule has 4 heteroatoms. The van der Waals surface area contributed by atoms with Gasteiger partial charge in [-0.05, 0) is 11.7 Å². The van der Waals surface area contributed by atoms with Gasteiger partial charge >= 0.3 is 0 Å². The minimum absolute atomic E-state index is 0. The van der Waals surface area contributed by atoms with Gasteiger partial charge in [0.2, 0.25) is 0 Å². The molecule has 0 fully saturated rings. The molecule has 0 heterocycles. The molecule has 0 aliphatic rings. The Morgan fingerprint density at radius 2 is 2.07 bits per heavy atom. The number of thioether (sulfide) groups is 1. The summed E-state index contributed by atoms with van der Waals surface area (Å²) in [4.78, 5) is 0.468. The van der Waals surface area contributed by atoms with Gasteiger partial charge in [0.05, 0.1) is 0 Å². The molecule has 76 valence electrons. The second-order valence-electron chi connectivity index (χ2n) is 2.82. The van der Waals surface area contributed by atoms with E-state index in [2.05, 4.69) is 0 Å². The topological polar surface area (TPSA) is 0 Å². The van der Waals surface area contributed by atoms with E-state index in [0.29, 0.717) is 10.1 Å². The van der Waals surface area contributed by atoms with Gasteiger partial charge in [-0.1, -0.05) is 18.7 Å². The van der Waals surface area contributed by atoms with Crippen LogP contribution in [0.5, 0.6) is 0 Å². The average Bonchev–Trinajstić information content (AvgIpc) is 2.09. The summed E-state index contributed by atoms with van der Waals surface area (Å²) < 4.78 is 25.5. The van der Waals surface area contributed by atoms with Crippen molar-refractivity contribution in [3.05, 3.63) is 29.8 Å². The van der Waals surface area contributed by atoms with Gasteiger partial charge < -0.3 is 0 Å². The van der Waals surface area contributed by atoms with E-state index in [0.717, 1.165) is 6.42 Å². The van der Waals surface area contributed by atoms with Gasteiger partial charge in [-0.15, -0.1) is 12.1 Å². The maximum absolute atomic E-state index is 13.0. The zero-order valence-electron chi connectivity index (χ0n) is 8.10. The largest absolute Gasteiger partial charge is 0.236 e. The summed E-state index contributed by atoms with van der Waals surface area (Å²) in [5, 5.41) is 0.341. The van der Waals surface area contributed by atoms with E-state index in [9.17, 15) is 8.78 Å². The quantitative estimate of drug-likeness (QED) is 0.447. The van der Waals surface area contributed by atoms with Crippen molar-refractivity contribution in [3.8, 4) is 0 Å². The Hall–Kier alpha value is 0.144. The first kappa shape index (κ1) is 14.1. The zero-order valence-corrected chi connectivity index (χ0v) is 10.5. The van der Waals surface area contributed by atoms with Crippen LogP contribution in [0.4, 0.5) is 8.78 Å². The van der Waals surface area contributed by atoms with Crippen LogP contribution in [0.1, 0.15) is 20.3 Å². The molecule has 1 aromatic rings. The van der Waals surface area contributed by atoms with Crippen molar-refractivity contribution >= 4 is 11.8 Å². The molecule has 0 aliphatic carbocycles. The van der Waals surface area contributed by atoms with Gasteiger partial charge in [0.1, 0.15) is 0 Å². The fourth-order valence-corrected chi connectivity index (χ4v) is 1.72. The Balaban J connectivity index is 0.00000169. The van der Waals surface area contributed by atoms with Crippen LogP contribution >= 0.6 is 11.8 Å². The molecule has 1 rings (SSSR count). The average molecular weight is 249 g/mol. The molecule has 0 saturated carbocycles. The zero-order chi connectivity index (χ0) is 9.84. The Bertz CT molecular complexity index is 291. The number of halogens is 2. The standard InChI is InChI=1S/C10H11F2S.Ti/c1-3-7(2)13-10-5-4-8(11)6-9(10)12;/h4-5,7H,3H2,1-2H3;/q-1;. The number of benzene rings is 1. The third-order valence-electron chi connectivity index (χ3n) is 1.73. The minimum atomic E-state index is -0.647. The molecule has 0 radical (unpaired) electrons. The molecular weight excluding hydrogens is 238 g/mol. The Morgan fingerprint density at radius 3 is 2.57 bits per heavy atom. The fraction of sp³-hybridized carbons (Fsp3) is 0.400. The molecule has 1 atom stereocenters. The molecule has 0 spiro atoms. The van der Waals surface area contributed by atoms with E-state index in [1.807, 2.05) is 19.9 Å². The molecular formula is C10H11F2STi-. The Labute approximate surface area is 102 Å². The summed E-state index contributed by atoms with van der Waals surface area (Å²) >= 11 is 1.41. The molecule has 14 heavy (non-hydrogen) atoms. The number of hydrogen-bond donors (Lipinski definition) is 0. The summed E-state index contributed by atoms with van der Waals surface area (Å²) in [6, 6.07) is 4.70. The van der Waals surface area contributed by atoms with Crippen molar-refractivity contribution in [1.82, 2.24) is 0 Å². The van der Waals surface area contributed by atoms with Gasteiger partial charge in [0.15, 0.2) is 0 Å². The smallest absolute Gasteiger partial charge is 0.0268 e. The second-order valence-corrected chi connectivity index (χ2v) is 4.30. The minimum Gasteiger partial charge on any atom is -0.236 e. The van der Waals surface area contributed by atoms with Crippen LogP contribution in [0.2, 0.25) is 0 Å². The predicted molar refractivity (Wildman–Crippen MR) is 50.8 cm³/mol. The fourth-order valence-electron chi connectivity index (χ4n) is 0.821. The second kappa shape index (κ2) is 6.60. The summed E-state index contributed by atoms with van der Waals surface area (Å²) in [6.07, 6.45) is 0.960. The van der Waals surface area contributed by atoms with Gasteiger partial charge in [-0.2, -0.15) is 17.8 Å². The SMILES string of the molecule is CCC(C)Sc1ccc(F)[c-]c1F.[Ti]. The van der Waals surface area contributed by atoms with E-state index in [1.54, 1.807) is 0 Å². The third kappa shape index (κ3) is 4.12. The van der Waals surface area contributed by atoms with E-state index in [1.165, 1.54) is 23.9 Å². The molecule has 0 amide bonds. The first-order chi connectivity index (χ1) is 6.13. The van der Waals surface area contributed by atoms with Crippen LogP contribution in [-0.2, 0) is 21.7 Å². The summed E-state index contributed by atoms with van der Waals surface area (Å²) in [5.74, 6) is -1.24. The Kier molecular flexibility index (Phi) is 6.66. The van der Waals surface area contributed by atoms with E-state index in [-0.39, 0.29) is 21.7 Å². The molecule has 0 aliphatic heterocycles. The summed E-state index contributed by atoms with van der Waals surface area (Å²) in [7, 11) is 0.